The number of carbonyl (C=O) groups excluding carboxylic acids is 1. The number of ether oxygens (including phenoxy) is 1. The Balaban J connectivity index is 1.69. The number of aromatic nitrogens is 1. The predicted molar refractivity (Wildman–Crippen MR) is 77.1 cm³/mol. The Bertz CT molecular complexity index is 608. The molecule has 1 aliphatic carbocycles. The molecule has 0 atom stereocenters. The lowest BCUT2D eigenvalue weighted by Crippen LogP contribution is -2.13. The van der Waals surface area contributed by atoms with Crippen molar-refractivity contribution >= 4 is 5.78 Å². The van der Waals surface area contributed by atoms with Crippen LogP contribution >= 0.6 is 0 Å². The van der Waals surface area contributed by atoms with Gasteiger partial charge in [-0.3, -0.25) is 9.78 Å². The van der Waals surface area contributed by atoms with Gasteiger partial charge in [0.25, 0.3) is 0 Å². The molecule has 0 aliphatic heterocycles. The van der Waals surface area contributed by atoms with E-state index in [0.29, 0.717) is 13.0 Å². The van der Waals surface area contributed by atoms with E-state index in [1.807, 2.05) is 36.5 Å². The highest BCUT2D eigenvalue weighted by molar-refractivity contribution is 5.99. The van der Waals surface area contributed by atoms with E-state index in [2.05, 4.69) is 4.98 Å². The summed E-state index contributed by atoms with van der Waals surface area (Å²) in [4.78, 5) is 16.0. The van der Waals surface area contributed by atoms with Crippen molar-refractivity contribution in [3.8, 4) is 5.75 Å². The van der Waals surface area contributed by atoms with Crippen LogP contribution in [0, 0.1) is 0 Å². The van der Waals surface area contributed by atoms with Crippen LogP contribution in [0.4, 0.5) is 0 Å². The summed E-state index contributed by atoms with van der Waals surface area (Å²) in [5.41, 5.74) is 3.08. The van der Waals surface area contributed by atoms with Crippen molar-refractivity contribution < 1.29 is 9.53 Å². The number of rotatable bonds is 4. The quantitative estimate of drug-likeness (QED) is 0.853. The summed E-state index contributed by atoms with van der Waals surface area (Å²) < 4.78 is 5.88. The van der Waals surface area contributed by atoms with Gasteiger partial charge in [-0.15, -0.1) is 0 Å². The van der Waals surface area contributed by atoms with E-state index >= 15 is 0 Å². The van der Waals surface area contributed by atoms with Gasteiger partial charge in [-0.1, -0.05) is 18.2 Å². The van der Waals surface area contributed by atoms with Gasteiger partial charge >= 0.3 is 0 Å². The average molecular weight is 267 g/mol. The van der Waals surface area contributed by atoms with Crippen LogP contribution in [-0.4, -0.2) is 17.4 Å². The lowest BCUT2D eigenvalue weighted by Gasteiger charge is -2.18. The fourth-order valence-electron chi connectivity index (χ4n) is 2.61. The Morgan fingerprint density at radius 3 is 2.95 bits per heavy atom. The van der Waals surface area contributed by atoms with E-state index in [1.54, 1.807) is 6.20 Å². The van der Waals surface area contributed by atoms with E-state index < -0.39 is 0 Å². The second-order valence-electron chi connectivity index (χ2n) is 5.02. The van der Waals surface area contributed by atoms with Gasteiger partial charge in [0.1, 0.15) is 5.75 Å². The molecule has 0 saturated heterocycles. The third kappa shape index (κ3) is 2.72. The monoisotopic (exact) mass is 267 g/mol. The minimum Gasteiger partial charge on any atom is -0.493 e. The maximum absolute atomic E-state index is 11.9. The molecular weight excluding hydrogens is 250 g/mol. The van der Waals surface area contributed by atoms with Crippen LogP contribution in [0.3, 0.4) is 0 Å². The van der Waals surface area contributed by atoms with Crippen molar-refractivity contribution in [3.05, 3.63) is 59.4 Å². The number of hydrogen-bond donors (Lipinski definition) is 0. The lowest BCUT2D eigenvalue weighted by atomic mass is 9.90. The summed E-state index contributed by atoms with van der Waals surface area (Å²) in [7, 11) is 0. The third-order valence-corrected chi connectivity index (χ3v) is 3.64. The fraction of sp³-hybridized carbons (Fsp3) is 0.294. The van der Waals surface area contributed by atoms with Gasteiger partial charge in [0.15, 0.2) is 5.78 Å². The number of pyridine rings is 1. The summed E-state index contributed by atoms with van der Waals surface area (Å²) in [6.07, 6.45) is 6.97. The van der Waals surface area contributed by atoms with Gasteiger partial charge in [0, 0.05) is 36.4 Å². The number of Topliss-reactive ketones (excluding diaryl/α,β-unsaturated/α-hetero) is 1. The first kappa shape index (κ1) is 12.9. The first-order valence-electron chi connectivity index (χ1n) is 7.01. The molecule has 3 nitrogen and oxygen atoms in total. The highest BCUT2D eigenvalue weighted by Crippen LogP contribution is 2.29. The minimum absolute atomic E-state index is 0.240. The first-order valence-corrected chi connectivity index (χ1v) is 7.01. The number of benzene rings is 1. The molecule has 0 amide bonds. The third-order valence-electron chi connectivity index (χ3n) is 3.64. The van der Waals surface area contributed by atoms with Crippen LogP contribution in [0.25, 0.3) is 0 Å². The number of hydrogen-bond acceptors (Lipinski definition) is 3. The van der Waals surface area contributed by atoms with E-state index in [9.17, 15) is 4.79 Å². The van der Waals surface area contributed by atoms with Crippen LogP contribution < -0.4 is 4.74 Å². The summed E-state index contributed by atoms with van der Waals surface area (Å²) in [6.45, 7) is 0.607. The van der Waals surface area contributed by atoms with Gasteiger partial charge < -0.3 is 4.74 Å². The molecule has 20 heavy (non-hydrogen) atoms. The van der Waals surface area contributed by atoms with Crippen LogP contribution in [0.1, 0.15) is 34.3 Å². The molecule has 1 aliphatic rings. The van der Waals surface area contributed by atoms with Crippen LogP contribution in [0.15, 0.2) is 42.7 Å². The molecule has 0 bridgehead atoms. The fourth-order valence-corrected chi connectivity index (χ4v) is 2.61. The van der Waals surface area contributed by atoms with Gasteiger partial charge in [0.05, 0.1) is 6.61 Å². The summed E-state index contributed by atoms with van der Waals surface area (Å²) in [6, 6.07) is 9.74. The molecule has 1 heterocycles. The van der Waals surface area contributed by atoms with E-state index in [4.69, 9.17) is 4.74 Å². The van der Waals surface area contributed by atoms with Gasteiger partial charge in [-0.25, -0.2) is 0 Å². The second kappa shape index (κ2) is 5.87. The van der Waals surface area contributed by atoms with E-state index in [-0.39, 0.29) is 5.78 Å². The number of fused-ring (bicyclic) bond motifs is 1. The number of nitrogens with zero attached hydrogens (tertiary/aromatic N) is 1. The van der Waals surface area contributed by atoms with Crippen molar-refractivity contribution in [1.29, 1.82) is 0 Å². The van der Waals surface area contributed by atoms with Gasteiger partial charge in [-0.2, -0.15) is 0 Å². The van der Waals surface area contributed by atoms with Gasteiger partial charge in [-0.05, 0) is 30.5 Å². The van der Waals surface area contributed by atoms with Crippen molar-refractivity contribution in [2.24, 2.45) is 0 Å². The Morgan fingerprint density at radius 2 is 2.10 bits per heavy atom. The van der Waals surface area contributed by atoms with Gasteiger partial charge in [0.2, 0.25) is 0 Å². The SMILES string of the molecule is O=C1CCCc2c(OCCc3cccnc3)cccc21. The first-order chi connectivity index (χ1) is 9.84. The lowest BCUT2D eigenvalue weighted by molar-refractivity contribution is 0.0971. The molecule has 0 N–H and O–H groups in total. The Hall–Kier alpha value is -2.16. The molecule has 0 unspecified atom stereocenters. The Kier molecular flexibility index (Phi) is 3.77. The number of ketones is 1. The maximum atomic E-state index is 11.9. The Morgan fingerprint density at radius 1 is 1.15 bits per heavy atom. The standard InChI is InChI=1S/C17H17NO2/c19-16-7-1-6-15-14(16)5-2-8-17(15)20-11-9-13-4-3-10-18-12-13/h2-5,8,10,12H,1,6-7,9,11H2. The van der Waals surface area contributed by atoms with Crippen molar-refractivity contribution in [3.63, 3.8) is 0 Å². The molecule has 3 heteroatoms. The smallest absolute Gasteiger partial charge is 0.163 e. The zero-order valence-electron chi connectivity index (χ0n) is 11.3. The normalized spacial score (nSPS) is 13.9. The Labute approximate surface area is 118 Å². The molecule has 0 fully saturated rings. The van der Waals surface area contributed by atoms with Crippen LogP contribution in [0.5, 0.6) is 5.75 Å². The van der Waals surface area contributed by atoms with Crippen molar-refractivity contribution in [2.45, 2.75) is 25.7 Å². The zero-order valence-corrected chi connectivity index (χ0v) is 11.3. The molecule has 1 aromatic heterocycles. The molecule has 0 spiro atoms. The van der Waals surface area contributed by atoms with E-state index in [0.717, 1.165) is 41.7 Å². The molecule has 2 aromatic rings. The molecule has 0 saturated carbocycles. The highest BCUT2D eigenvalue weighted by Gasteiger charge is 2.20. The van der Waals surface area contributed by atoms with E-state index in [1.165, 1.54) is 0 Å². The molecule has 1 aromatic carbocycles. The molecule has 3 rings (SSSR count). The van der Waals surface area contributed by atoms with Crippen molar-refractivity contribution in [2.75, 3.05) is 6.61 Å². The molecule has 102 valence electrons. The molecule has 0 radical (unpaired) electrons. The number of carbonyl (C=O) groups is 1. The summed E-state index contributed by atoms with van der Waals surface area (Å²) in [5.74, 6) is 1.10. The second-order valence-corrected chi connectivity index (χ2v) is 5.02. The summed E-state index contributed by atoms with van der Waals surface area (Å²) in [5, 5.41) is 0. The summed E-state index contributed by atoms with van der Waals surface area (Å²) >= 11 is 0. The molecular formula is C17H17NO2. The van der Waals surface area contributed by atoms with Crippen LogP contribution in [0.2, 0.25) is 0 Å². The minimum atomic E-state index is 0.240. The highest BCUT2D eigenvalue weighted by atomic mass is 16.5. The zero-order chi connectivity index (χ0) is 13.8. The predicted octanol–water partition coefficient (Wildman–Crippen LogP) is 3.22. The van der Waals surface area contributed by atoms with Crippen molar-refractivity contribution in [1.82, 2.24) is 4.98 Å². The largest absolute Gasteiger partial charge is 0.493 e. The maximum Gasteiger partial charge on any atom is 0.163 e. The topological polar surface area (TPSA) is 39.2 Å². The van der Waals surface area contributed by atoms with Crippen LogP contribution in [-0.2, 0) is 12.8 Å². The average Bonchev–Trinajstić information content (AvgIpc) is 2.49.